The molecule has 0 spiro atoms. The maximum atomic E-state index is 11.7. The highest BCUT2D eigenvalue weighted by molar-refractivity contribution is 5.67. The van der Waals surface area contributed by atoms with E-state index in [-0.39, 0.29) is 6.09 Å². The first kappa shape index (κ1) is 19.2. The van der Waals surface area contributed by atoms with Gasteiger partial charge in [-0.1, -0.05) is 12.8 Å². The summed E-state index contributed by atoms with van der Waals surface area (Å²) >= 11 is 0. The van der Waals surface area contributed by atoms with Gasteiger partial charge in [0.1, 0.15) is 5.60 Å². The number of carbonyl (C=O) groups is 1. The molecule has 0 aliphatic heterocycles. The Morgan fingerprint density at radius 2 is 2.00 bits per heavy atom. The van der Waals surface area contributed by atoms with Crippen LogP contribution >= 0.6 is 0 Å². The van der Waals surface area contributed by atoms with Crippen molar-refractivity contribution < 1.29 is 19.4 Å². The third kappa shape index (κ3) is 7.96. The predicted molar refractivity (Wildman–Crippen MR) is 85.9 cm³/mol. The third-order valence-corrected chi connectivity index (χ3v) is 3.79. The lowest BCUT2D eigenvalue weighted by Crippen LogP contribution is -2.47. The molecule has 22 heavy (non-hydrogen) atoms. The highest BCUT2D eigenvalue weighted by Gasteiger charge is 2.26. The van der Waals surface area contributed by atoms with Gasteiger partial charge in [-0.25, -0.2) is 4.79 Å². The summed E-state index contributed by atoms with van der Waals surface area (Å²) in [6.45, 7) is 7.02. The molecule has 1 amide bonds. The summed E-state index contributed by atoms with van der Waals surface area (Å²) < 4.78 is 10.2. The molecule has 1 saturated carbocycles. The standard InChI is InChI=1S/C16H32N2O4/c1-16(2,3)22-15(20)18-9-12-7-5-6-8-14(12)17-10-13(19)11-21-4/h12-14,17,19H,5-11H2,1-4H3,(H,18,20). The molecular weight excluding hydrogens is 284 g/mol. The first-order chi connectivity index (χ1) is 10.3. The van der Waals surface area contributed by atoms with E-state index >= 15 is 0 Å². The quantitative estimate of drug-likeness (QED) is 0.666. The van der Waals surface area contributed by atoms with Gasteiger partial charge < -0.3 is 25.2 Å². The Kier molecular flexibility index (Phi) is 8.14. The molecule has 0 radical (unpaired) electrons. The SMILES string of the molecule is COCC(O)CNC1CCCCC1CNC(=O)OC(C)(C)C. The minimum atomic E-state index is -0.494. The monoisotopic (exact) mass is 316 g/mol. The lowest BCUT2D eigenvalue weighted by molar-refractivity contribution is 0.0495. The van der Waals surface area contributed by atoms with E-state index < -0.39 is 11.7 Å². The molecule has 0 heterocycles. The highest BCUT2D eigenvalue weighted by Crippen LogP contribution is 2.24. The predicted octanol–water partition coefficient (Wildman–Crippen LogP) is 1.67. The summed E-state index contributed by atoms with van der Waals surface area (Å²) in [7, 11) is 1.58. The van der Waals surface area contributed by atoms with Gasteiger partial charge in [0.15, 0.2) is 0 Å². The molecule has 3 atom stereocenters. The van der Waals surface area contributed by atoms with Crippen molar-refractivity contribution in [3.63, 3.8) is 0 Å². The number of carbonyl (C=O) groups excluding carboxylic acids is 1. The number of aliphatic hydroxyl groups excluding tert-OH is 1. The van der Waals surface area contributed by atoms with Crippen molar-refractivity contribution in [2.45, 2.75) is 64.2 Å². The van der Waals surface area contributed by atoms with E-state index in [2.05, 4.69) is 10.6 Å². The Morgan fingerprint density at radius 3 is 2.64 bits per heavy atom. The minimum Gasteiger partial charge on any atom is -0.444 e. The molecule has 0 bridgehead atoms. The lowest BCUT2D eigenvalue weighted by Gasteiger charge is -2.33. The van der Waals surface area contributed by atoms with Crippen LogP contribution in [-0.4, -0.2) is 55.8 Å². The number of aliphatic hydroxyl groups is 1. The Labute approximate surface area is 133 Å². The average Bonchev–Trinajstić information content (AvgIpc) is 2.42. The topological polar surface area (TPSA) is 79.8 Å². The molecule has 130 valence electrons. The Bertz CT molecular complexity index is 331. The van der Waals surface area contributed by atoms with Crippen molar-refractivity contribution in [3.05, 3.63) is 0 Å². The number of amides is 1. The van der Waals surface area contributed by atoms with Crippen LogP contribution in [-0.2, 0) is 9.47 Å². The van der Waals surface area contributed by atoms with Crippen molar-refractivity contribution in [1.29, 1.82) is 0 Å². The van der Waals surface area contributed by atoms with Crippen LogP contribution in [0.2, 0.25) is 0 Å². The summed E-state index contributed by atoms with van der Waals surface area (Å²) in [6, 6.07) is 0.315. The number of nitrogens with one attached hydrogen (secondary N) is 2. The van der Waals surface area contributed by atoms with E-state index in [1.807, 2.05) is 20.8 Å². The molecular formula is C16H32N2O4. The second kappa shape index (κ2) is 9.33. The highest BCUT2D eigenvalue weighted by atomic mass is 16.6. The summed E-state index contributed by atoms with van der Waals surface area (Å²) in [5.74, 6) is 0.371. The van der Waals surface area contributed by atoms with Crippen LogP contribution < -0.4 is 10.6 Å². The molecule has 0 saturated heterocycles. The lowest BCUT2D eigenvalue weighted by atomic mass is 9.84. The Morgan fingerprint density at radius 1 is 1.32 bits per heavy atom. The van der Waals surface area contributed by atoms with Crippen molar-refractivity contribution >= 4 is 6.09 Å². The molecule has 0 aromatic rings. The molecule has 6 heteroatoms. The first-order valence-corrected chi connectivity index (χ1v) is 8.19. The average molecular weight is 316 g/mol. The van der Waals surface area contributed by atoms with Gasteiger partial charge in [-0.2, -0.15) is 0 Å². The van der Waals surface area contributed by atoms with Gasteiger partial charge in [0.25, 0.3) is 0 Å². The van der Waals surface area contributed by atoms with Crippen LogP contribution in [0, 0.1) is 5.92 Å². The molecule has 6 nitrogen and oxygen atoms in total. The second-order valence-corrected chi connectivity index (χ2v) is 7.05. The van der Waals surface area contributed by atoms with Gasteiger partial charge in [-0.05, 0) is 39.5 Å². The van der Waals surface area contributed by atoms with Crippen molar-refractivity contribution in [3.8, 4) is 0 Å². The van der Waals surface area contributed by atoms with E-state index in [0.717, 1.165) is 12.8 Å². The fourth-order valence-corrected chi connectivity index (χ4v) is 2.79. The van der Waals surface area contributed by atoms with Crippen LogP contribution in [0.5, 0.6) is 0 Å². The second-order valence-electron chi connectivity index (χ2n) is 7.05. The van der Waals surface area contributed by atoms with Crippen molar-refractivity contribution in [2.75, 3.05) is 26.8 Å². The van der Waals surface area contributed by atoms with E-state index in [4.69, 9.17) is 9.47 Å². The van der Waals surface area contributed by atoms with Crippen molar-refractivity contribution in [1.82, 2.24) is 10.6 Å². The molecule has 3 unspecified atom stereocenters. The van der Waals surface area contributed by atoms with Crippen LogP contribution in [0.3, 0.4) is 0 Å². The number of hydrogen-bond acceptors (Lipinski definition) is 5. The maximum Gasteiger partial charge on any atom is 0.407 e. The number of alkyl carbamates (subject to hydrolysis) is 1. The van der Waals surface area contributed by atoms with Gasteiger partial charge in [-0.3, -0.25) is 0 Å². The van der Waals surface area contributed by atoms with E-state index in [9.17, 15) is 9.90 Å². The summed E-state index contributed by atoms with van der Waals surface area (Å²) in [5.41, 5.74) is -0.474. The van der Waals surface area contributed by atoms with E-state index in [0.29, 0.717) is 31.7 Å². The summed E-state index contributed by atoms with van der Waals surface area (Å²) in [4.78, 5) is 11.7. The van der Waals surface area contributed by atoms with Gasteiger partial charge in [-0.15, -0.1) is 0 Å². The smallest absolute Gasteiger partial charge is 0.407 e. The van der Waals surface area contributed by atoms with Gasteiger partial charge >= 0.3 is 6.09 Å². The first-order valence-electron chi connectivity index (χ1n) is 8.19. The fraction of sp³-hybridized carbons (Fsp3) is 0.938. The molecule has 1 rings (SSSR count). The Balaban J connectivity index is 2.36. The third-order valence-electron chi connectivity index (χ3n) is 3.79. The molecule has 1 aliphatic carbocycles. The molecule has 1 aliphatic rings. The zero-order valence-electron chi connectivity index (χ0n) is 14.4. The van der Waals surface area contributed by atoms with Crippen molar-refractivity contribution in [2.24, 2.45) is 5.92 Å². The normalized spacial score (nSPS) is 23.9. The van der Waals surface area contributed by atoms with Crippen LogP contribution in [0.1, 0.15) is 46.5 Å². The number of ether oxygens (including phenoxy) is 2. The van der Waals surface area contributed by atoms with Crippen LogP contribution in [0.15, 0.2) is 0 Å². The zero-order valence-corrected chi connectivity index (χ0v) is 14.4. The summed E-state index contributed by atoms with van der Waals surface area (Å²) in [5, 5.41) is 16.0. The number of methoxy groups -OCH3 is 1. The molecule has 3 N–H and O–H groups in total. The molecule has 0 aromatic carbocycles. The fourth-order valence-electron chi connectivity index (χ4n) is 2.79. The molecule has 1 fully saturated rings. The van der Waals surface area contributed by atoms with Crippen LogP contribution in [0.25, 0.3) is 0 Å². The van der Waals surface area contributed by atoms with Gasteiger partial charge in [0.2, 0.25) is 0 Å². The van der Waals surface area contributed by atoms with E-state index in [1.54, 1.807) is 7.11 Å². The zero-order chi connectivity index (χ0) is 16.6. The number of rotatable bonds is 7. The number of hydrogen-bond donors (Lipinski definition) is 3. The van der Waals surface area contributed by atoms with E-state index in [1.165, 1.54) is 12.8 Å². The largest absolute Gasteiger partial charge is 0.444 e. The van der Waals surface area contributed by atoms with Gasteiger partial charge in [0, 0.05) is 26.2 Å². The van der Waals surface area contributed by atoms with Gasteiger partial charge in [0.05, 0.1) is 12.7 Å². The van der Waals surface area contributed by atoms with Crippen LogP contribution in [0.4, 0.5) is 4.79 Å². The Hall–Kier alpha value is -0.850. The maximum absolute atomic E-state index is 11.7. The minimum absolute atomic E-state index is 0.315. The summed E-state index contributed by atoms with van der Waals surface area (Å²) in [6.07, 6.45) is 3.65. The molecule has 0 aromatic heterocycles.